The lowest BCUT2D eigenvalue weighted by Crippen LogP contribution is -2.36. The molecule has 1 aliphatic rings. The first-order valence-electron chi connectivity index (χ1n) is 6.18. The van der Waals surface area contributed by atoms with E-state index in [2.05, 4.69) is 0 Å². The van der Waals surface area contributed by atoms with E-state index in [0.717, 1.165) is 18.4 Å². The Morgan fingerprint density at radius 1 is 1.39 bits per heavy atom. The lowest BCUT2D eigenvalue weighted by atomic mass is 10.2. The zero-order chi connectivity index (χ0) is 13.5. The maximum atomic E-state index is 12.5. The molecule has 4 nitrogen and oxygen atoms in total. The number of nitrogens with two attached hydrogens (primary N) is 1. The molecule has 0 heterocycles. The maximum Gasteiger partial charge on any atom is 0.243 e. The van der Waals surface area contributed by atoms with Crippen LogP contribution in [0.3, 0.4) is 0 Å². The van der Waals surface area contributed by atoms with Crippen molar-refractivity contribution in [3.63, 3.8) is 0 Å². The van der Waals surface area contributed by atoms with Gasteiger partial charge in [-0.05, 0) is 56.4 Å². The molecular weight excluding hydrogens is 248 g/mol. The van der Waals surface area contributed by atoms with Gasteiger partial charge in [0.15, 0.2) is 0 Å². The number of nitrogen functional groups attached to an aromatic ring is 1. The number of aryl methyl sites for hydroxylation is 1. The molecule has 100 valence electrons. The molecule has 0 aromatic heterocycles. The van der Waals surface area contributed by atoms with Crippen molar-refractivity contribution in [2.24, 2.45) is 5.92 Å². The number of sulfonamides is 1. The van der Waals surface area contributed by atoms with Gasteiger partial charge in [-0.2, -0.15) is 4.31 Å². The SMILES string of the molecule is Cc1cc(S(=O)(=O)N(C)C(C)C2CC2)ccc1N. The average molecular weight is 268 g/mol. The predicted molar refractivity (Wildman–Crippen MR) is 72.7 cm³/mol. The van der Waals surface area contributed by atoms with Crippen LogP contribution in [0.15, 0.2) is 23.1 Å². The monoisotopic (exact) mass is 268 g/mol. The normalized spacial score (nSPS) is 18.0. The van der Waals surface area contributed by atoms with E-state index in [-0.39, 0.29) is 6.04 Å². The number of hydrogen-bond acceptors (Lipinski definition) is 3. The molecule has 0 saturated heterocycles. The number of anilines is 1. The smallest absolute Gasteiger partial charge is 0.243 e. The second-order valence-electron chi connectivity index (χ2n) is 5.12. The van der Waals surface area contributed by atoms with E-state index in [1.165, 1.54) is 4.31 Å². The highest BCUT2D eigenvalue weighted by Crippen LogP contribution is 2.36. The molecule has 1 fully saturated rings. The van der Waals surface area contributed by atoms with E-state index in [1.807, 2.05) is 13.8 Å². The molecule has 0 amide bonds. The van der Waals surface area contributed by atoms with Crippen LogP contribution in [0, 0.1) is 12.8 Å². The van der Waals surface area contributed by atoms with Gasteiger partial charge in [-0.3, -0.25) is 0 Å². The number of nitrogens with zero attached hydrogens (tertiary/aromatic N) is 1. The average Bonchev–Trinajstić information content (AvgIpc) is 3.14. The molecule has 18 heavy (non-hydrogen) atoms. The standard InChI is InChI=1S/C13H20N2O2S/c1-9-8-12(6-7-13(9)14)18(16,17)15(3)10(2)11-4-5-11/h6-8,10-11H,4-5,14H2,1-3H3. The fourth-order valence-corrected chi connectivity index (χ4v) is 3.58. The Kier molecular flexibility index (Phi) is 3.38. The van der Waals surface area contributed by atoms with Crippen LogP contribution in [-0.2, 0) is 10.0 Å². The van der Waals surface area contributed by atoms with Gasteiger partial charge < -0.3 is 5.73 Å². The topological polar surface area (TPSA) is 63.4 Å². The third-order valence-electron chi connectivity index (χ3n) is 3.80. The van der Waals surface area contributed by atoms with Gasteiger partial charge in [0.25, 0.3) is 0 Å². The van der Waals surface area contributed by atoms with Gasteiger partial charge in [0, 0.05) is 18.8 Å². The van der Waals surface area contributed by atoms with Crippen molar-refractivity contribution in [3.05, 3.63) is 23.8 Å². The van der Waals surface area contributed by atoms with Crippen molar-refractivity contribution in [3.8, 4) is 0 Å². The molecule has 1 saturated carbocycles. The maximum absolute atomic E-state index is 12.5. The van der Waals surface area contributed by atoms with E-state index in [1.54, 1.807) is 25.2 Å². The minimum atomic E-state index is -3.40. The molecule has 0 spiro atoms. The first-order valence-corrected chi connectivity index (χ1v) is 7.62. The van der Waals surface area contributed by atoms with Crippen LogP contribution in [0.2, 0.25) is 0 Å². The lowest BCUT2D eigenvalue weighted by Gasteiger charge is -2.24. The fourth-order valence-electron chi connectivity index (χ4n) is 2.07. The minimum Gasteiger partial charge on any atom is -0.399 e. The van der Waals surface area contributed by atoms with Gasteiger partial charge >= 0.3 is 0 Å². The van der Waals surface area contributed by atoms with Gasteiger partial charge in [0.05, 0.1) is 4.90 Å². The van der Waals surface area contributed by atoms with Crippen LogP contribution in [0.4, 0.5) is 5.69 Å². The third-order valence-corrected chi connectivity index (χ3v) is 5.74. The molecule has 0 bridgehead atoms. The molecule has 1 aromatic carbocycles. The highest BCUT2D eigenvalue weighted by molar-refractivity contribution is 7.89. The summed E-state index contributed by atoms with van der Waals surface area (Å²) in [5.41, 5.74) is 7.13. The van der Waals surface area contributed by atoms with Crippen LogP contribution < -0.4 is 5.73 Å². The first-order chi connectivity index (χ1) is 8.34. The van der Waals surface area contributed by atoms with E-state index < -0.39 is 10.0 Å². The molecular formula is C13H20N2O2S. The zero-order valence-electron chi connectivity index (χ0n) is 11.1. The van der Waals surface area contributed by atoms with E-state index >= 15 is 0 Å². The quantitative estimate of drug-likeness (QED) is 0.849. The zero-order valence-corrected chi connectivity index (χ0v) is 11.9. The molecule has 2 rings (SSSR count). The Hall–Kier alpha value is -1.07. The van der Waals surface area contributed by atoms with Crippen molar-refractivity contribution in [2.45, 2.75) is 37.6 Å². The van der Waals surface area contributed by atoms with E-state index in [9.17, 15) is 8.42 Å². The lowest BCUT2D eigenvalue weighted by molar-refractivity contribution is 0.357. The highest BCUT2D eigenvalue weighted by Gasteiger charge is 2.36. The van der Waals surface area contributed by atoms with Crippen molar-refractivity contribution in [1.29, 1.82) is 0 Å². The summed E-state index contributed by atoms with van der Waals surface area (Å²) in [7, 11) is -1.75. The molecule has 0 aliphatic heterocycles. The van der Waals surface area contributed by atoms with Crippen LogP contribution >= 0.6 is 0 Å². The molecule has 1 aliphatic carbocycles. The number of benzene rings is 1. The van der Waals surface area contributed by atoms with Crippen molar-refractivity contribution in [1.82, 2.24) is 4.31 Å². The number of rotatable bonds is 4. The Morgan fingerprint density at radius 2 is 2.00 bits per heavy atom. The highest BCUT2D eigenvalue weighted by atomic mass is 32.2. The summed E-state index contributed by atoms with van der Waals surface area (Å²) < 4.78 is 26.4. The minimum absolute atomic E-state index is 0.0628. The van der Waals surface area contributed by atoms with Crippen LogP contribution in [-0.4, -0.2) is 25.8 Å². The van der Waals surface area contributed by atoms with Gasteiger partial charge in [0.1, 0.15) is 0 Å². The predicted octanol–water partition coefficient (Wildman–Crippen LogP) is 2.00. The molecule has 1 unspecified atom stereocenters. The Balaban J connectivity index is 2.31. The third kappa shape index (κ3) is 2.37. The summed E-state index contributed by atoms with van der Waals surface area (Å²) in [5, 5.41) is 0. The summed E-state index contributed by atoms with van der Waals surface area (Å²) in [6, 6.07) is 4.93. The summed E-state index contributed by atoms with van der Waals surface area (Å²) in [6.07, 6.45) is 2.25. The first kappa shape index (κ1) is 13.4. The molecule has 0 radical (unpaired) electrons. The molecule has 1 aromatic rings. The van der Waals surface area contributed by atoms with Crippen molar-refractivity contribution in [2.75, 3.05) is 12.8 Å². The summed E-state index contributed by atoms with van der Waals surface area (Å²) in [6.45, 7) is 3.79. The van der Waals surface area contributed by atoms with Crippen molar-refractivity contribution < 1.29 is 8.42 Å². The number of hydrogen-bond donors (Lipinski definition) is 1. The van der Waals surface area contributed by atoms with Crippen molar-refractivity contribution >= 4 is 15.7 Å². The fraction of sp³-hybridized carbons (Fsp3) is 0.538. The van der Waals surface area contributed by atoms with Gasteiger partial charge in [-0.1, -0.05) is 0 Å². The largest absolute Gasteiger partial charge is 0.399 e. The van der Waals surface area contributed by atoms with E-state index in [0.29, 0.717) is 16.5 Å². The Morgan fingerprint density at radius 3 is 2.50 bits per heavy atom. The second-order valence-corrected chi connectivity index (χ2v) is 7.12. The molecule has 5 heteroatoms. The summed E-state index contributed by atoms with van der Waals surface area (Å²) in [4.78, 5) is 0.323. The Labute approximate surface area is 109 Å². The second kappa shape index (κ2) is 4.55. The van der Waals surface area contributed by atoms with Gasteiger partial charge in [0.2, 0.25) is 10.0 Å². The van der Waals surface area contributed by atoms with Crippen LogP contribution in [0.5, 0.6) is 0 Å². The van der Waals surface area contributed by atoms with Gasteiger partial charge in [-0.25, -0.2) is 8.42 Å². The summed E-state index contributed by atoms with van der Waals surface area (Å²) in [5.74, 6) is 0.514. The van der Waals surface area contributed by atoms with Gasteiger partial charge in [-0.15, -0.1) is 0 Å². The molecule has 2 N–H and O–H groups in total. The summed E-state index contributed by atoms with van der Waals surface area (Å²) >= 11 is 0. The van der Waals surface area contributed by atoms with E-state index in [4.69, 9.17) is 5.73 Å². The molecule has 1 atom stereocenters. The van der Waals surface area contributed by atoms with Crippen LogP contribution in [0.25, 0.3) is 0 Å². The van der Waals surface area contributed by atoms with Crippen LogP contribution in [0.1, 0.15) is 25.3 Å². The Bertz CT molecular complexity index is 550.